The van der Waals surface area contributed by atoms with Gasteiger partial charge in [0.2, 0.25) is 5.88 Å². The van der Waals surface area contributed by atoms with Gasteiger partial charge in [-0.25, -0.2) is 9.78 Å². The lowest BCUT2D eigenvalue weighted by molar-refractivity contribution is -0.137. The number of pyridine rings is 1. The minimum absolute atomic E-state index is 0.0767. The first kappa shape index (κ1) is 17.8. The smallest absolute Gasteiger partial charge is 0.417 e. The van der Waals surface area contributed by atoms with Crippen LogP contribution in [0.25, 0.3) is 0 Å². The van der Waals surface area contributed by atoms with Gasteiger partial charge in [-0.05, 0) is 18.9 Å². The zero-order valence-electron chi connectivity index (χ0n) is 13.8. The Morgan fingerprint density at radius 3 is 2.52 bits per heavy atom. The molecule has 0 spiro atoms. The summed E-state index contributed by atoms with van der Waals surface area (Å²) in [6.45, 7) is 0.525. The van der Waals surface area contributed by atoms with E-state index in [4.69, 9.17) is 9.47 Å². The maximum atomic E-state index is 12.5. The summed E-state index contributed by atoms with van der Waals surface area (Å²) >= 11 is 0. The van der Waals surface area contributed by atoms with Crippen LogP contribution in [-0.2, 0) is 10.9 Å². The Hall–Kier alpha value is -1.99. The number of hydrogen-bond donors (Lipinski definition) is 0. The second kappa shape index (κ2) is 7.49. The van der Waals surface area contributed by atoms with Crippen LogP contribution in [0.1, 0.15) is 44.1 Å². The molecule has 138 valence electrons. The number of carbonyl (C=O) groups excluding carboxylic acids is 1. The van der Waals surface area contributed by atoms with E-state index >= 15 is 0 Å². The minimum Gasteiger partial charge on any atom is -0.474 e. The molecule has 2 aliphatic rings. The van der Waals surface area contributed by atoms with Gasteiger partial charge >= 0.3 is 12.3 Å². The Morgan fingerprint density at radius 2 is 1.92 bits per heavy atom. The first-order chi connectivity index (χ1) is 11.9. The van der Waals surface area contributed by atoms with Crippen molar-refractivity contribution in [3.8, 4) is 5.88 Å². The van der Waals surface area contributed by atoms with Gasteiger partial charge in [-0.2, -0.15) is 13.2 Å². The van der Waals surface area contributed by atoms with E-state index in [-0.39, 0.29) is 24.6 Å². The highest BCUT2D eigenvalue weighted by Gasteiger charge is 2.36. The van der Waals surface area contributed by atoms with Gasteiger partial charge in [0.15, 0.2) is 6.10 Å². The largest absolute Gasteiger partial charge is 0.474 e. The Balaban J connectivity index is 1.51. The van der Waals surface area contributed by atoms with Crippen LogP contribution in [-0.4, -0.2) is 41.3 Å². The monoisotopic (exact) mass is 358 g/mol. The summed E-state index contributed by atoms with van der Waals surface area (Å²) < 4.78 is 48.2. The highest BCUT2D eigenvalue weighted by Crippen LogP contribution is 2.29. The fourth-order valence-corrected chi connectivity index (χ4v) is 3.31. The van der Waals surface area contributed by atoms with E-state index in [1.165, 1.54) is 18.9 Å². The third kappa shape index (κ3) is 4.55. The number of carbonyl (C=O) groups is 1. The van der Waals surface area contributed by atoms with Crippen LogP contribution in [0.2, 0.25) is 0 Å². The number of amides is 1. The topological polar surface area (TPSA) is 51.7 Å². The molecule has 3 rings (SSSR count). The molecule has 1 amide bonds. The fourth-order valence-electron chi connectivity index (χ4n) is 3.31. The molecule has 8 heteroatoms. The maximum Gasteiger partial charge on any atom is 0.417 e. The number of nitrogens with zero attached hydrogens (tertiary/aromatic N) is 2. The van der Waals surface area contributed by atoms with Gasteiger partial charge in [0, 0.05) is 18.3 Å². The summed E-state index contributed by atoms with van der Waals surface area (Å²) in [7, 11) is 0. The molecule has 25 heavy (non-hydrogen) atoms. The minimum atomic E-state index is -4.42. The van der Waals surface area contributed by atoms with Gasteiger partial charge < -0.3 is 14.4 Å². The average Bonchev–Trinajstić information content (AvgIpc) is 2.77. The molecule has 2 heterocycles. The average molecular weight is 358 g/mol. The van der Waals surface area contributed by atoms with E-state index in [0.29, 0.717) is 6.54 Å². The number of aromatic nitrogens is 1. The standard InChI is InChI=1S/C17H21F3N2O3/c18-17(19,20)12-7-8-15(21-9-12)24-11-14-10-22(16(23)25-14)13-5-3-1-2-4-6-13/h7-9,13-14H,1-6,10-11H2/t14-/m0/s1. The summed E-state index contributed by atoms with van der Waals surface area (Å²) in [6.07, 6.45) is 2.15. The van der Waals surface area contributed by atoms with E-state index in [0.717, 1.165) is 37.9 Å². The third-order valence-corrected chi connectivity index (χ3v) is 4.65. The third-order valence-electron chi connectivity index (χ3n) is 4.65. The first-order valence-electron chi connectivity index (χ1n) is 8.57. The number of rotatable bonds is 4. The van der Waals surface area contributed by atoms with Crippen molar-refractivity contribution in [2.45, 2.75) is 56.8 Å². The van der Waals surface area contributed by atoms with E-state index in [9.17, 15) is 18.0 Å². The molecule has 2 fully saturated rings. The molecule has 0 unspecified atom stereocenters. The van der Waals surface area contributed by atoms with Crippen molar-refractivity contribution in [3.63, 3.8) is 0 Å². The van der Waals surface area contributed by atoms with Gasteiger partial charge in [-0.3, -0.25) is 0 Å². The predicted molar refractivity (Wildman–Crippen MR) is 83.2 cm³/mol. The van der Waals surface area contributed by atoms with Crippen LogP contribution in [0, 0.1) is 0 Å². The molecule has 1 aromatic heterocycles. The molecule has 0 aromatic carbocycles. The van der Waals surface area contributed by atoms with Crippen molar-refractivity contribution in [1.29, 1.82) is 0 Å². The number of cyclic esters (lactones) is 1. The predicted octanol–water partition coefficient (Wildman–Crippen LogP) is 4.02. The lowest BCUT2D eigenvalue weighted by atomic mass is 10.1. The van der Waals surface area contributed by atoms with Crippen LogP contribution < -0.4 is 4.74 Å². The lowest BCUT2D eigenvalue weighted by Gasteiger charge is -2.24. The van der Waals surface area contributed by atoms with Crippen molar-refractivity contribution < 1.29 is 27.4 Å². The van der Waals surface area contributed by atoms with Crippen LogP contribution in [0.5, 0.6) is 5.88 Å². The van der Waals surface area contributed by atoms with E-state index in [1.54, 1.807) is 4.90 Å². The number of halogens is 3. The maximum absolute atomic E-state index is 12.5. The zero-order chi connectivity index (χ0) is 17.9. The van der Waals surface area contributed by atoms with Gasteiger partial charge in [0.05, 0.1) is 12.1 Å². The summed E-state index contributed by atoms with van der Waals surface area (Å²) in [5.41, 5.74) is -0.827. The first-order valence-corrected chi connectivity index (χ1v) is 8.57. The molecule has 1 aromatic rings. The summed E-state index contributed by atoms with van der Waals surface area (Å²) in [6, 6.07) is 2.30. The second-order valence-corrected chi connectivity index (χ2v) is 6.50. The SMILES string of the molecule is O=C1O[C@H](COc2ccc(C(F)(F)F)cn2)CN1C1CCCCCC1. The molecule has 1 saturated heterocycles. The second-order valence-electron chi connectivity index (χ2n) is 6.50. The van der Waals surface area contributed by atoms with Crippen LogP contribution in [0.4, 0.5) is 18.0 Å². The quantitative estimate of drug-likeness (QED) is 0.763. The molecule has 1 saturated carbocycles. The molecular weight excluding hydrogens is 337 g/mol. The Morgan fingerprint density at radius 1 is 1.20 bits per heavy atom. The number of alkyl halides is 3. The highest BCUT2D eigenvalue weighted by molar-refractivity contribution is 5.70. The molecule has 0 bridgehead atoms. The van der Waals surface area contributed by atoms with Crippen LogP contribution >= 0.6 is 0 Å². The molecule has 0 radical (unpaired) electrons. The Kier molecular flexibility index (Phi) is 5.34. The molecule has 1 atom stereocenters. The van der Waals surface area contributed by atoms with Crippen molar-refractivity contribution in [1.82, 2.24) is 9.88 Å². The van der Waals surface area contributed by atoms with Crippen molar-refractivity contribution in [2.24, 2.45) is 0 Å². The summed E-state index contributed by atoms with van der Waals surface area (Å²) in [5, 5.41) is 0. The summed E-state index contributed by atoms with van der Waals surface area (Å²) in [5.74, 6) is 0.0805. The van der Waals surface area contributed by atoms with Gasteiger partial charge in [-0.15, -0.1) is 0 Å². The van der Waals surface area contributed by atoms with E-state index < -0.39 is 17.8 Å². The summed E-state index contributed by atoms with van der Waals surface area (Å²) in [4.78, 5) is 17.5. The molecule has 1 aliphatic carbocycles. The molecule has 1 aliphatic heterocycles. The number of hydrogen-bond acceptors (Lipinski definition) is 4. The van der Waals surface area contributed by atoms with E-state index in [2.05, 4.69) is 4.98 Å². The van der Waals surface area contributed by atoms with E-state index in [1.807, 2.05) is 0 Å². The Labute approximate surface area is 144 Å². The molecule has 0 N–H and O–H groups in total. The number of ether oxygens (including phenoxy) is 2. The zero-order valence-corrected chi connectivity index (χ0v) is 13.8. The normalized spacial score (nSPS) is 22.6. The van der Waals surface area contributed by atoms with Crippen LogP contribution in [0.15, 0.2) is 18.3 Å². The van der Waals surface area contributed by atoms with Crippen molar-refractivity contribution >= 4 is 6.09 Å². The van der Waals surface area contributed by atoms with Gasteiger partial charge in [0.1, 0.15) is 6.61 Å². The fraction of sp³-hybridized carbons (Fsp3) is 0.647. The highest BCUT2D eigenvalue weighted by atomic mass is 19.4. The van der Waals surface area contributed by atoms with Gasteiger partial charge in [-0.1, -0.05) is 25.7 Å². The van der Waals surface area contributed by atoms with Crippen molar-refractivity contribution in [2.75, 3.05) is 13.2 Å². The lowest BCUT2D eigenvalue weighted by Crippen LogP contribution is -2.36. The van der Waals surface area contributed by atoms with Crippen molar-refractivity contribution in [3.05, 3.63) is 23.9 Å². The van der Waals surface area contributed by atoms with Gasteiger partial charge in [0.25, 0.3) is 0 Å². The molecule has 5 nitrogen and oxygen atoms in total. The van der Waals surface area contributed by atoms with Crippen LogP contribution in [0.3, 0.4) is 0 Å². The Bertz CT molecular complexity index is 584. The molecular formula is C17H21F3N2O3.